The fraction of sp³-hybridized carbons (Fsp3) is 0.538. The van der Waals surface area contributed by atoms with Crippen LogP contribution >= 0.6 is 0 Å². The van der Waals surface area contributed by atoms with Crippen molar-refractivity contribution in [1.82, 2.24) is 5.32 Å². The van der Waals surface area contributed by atoms with E-state index in [1.54, 1.807) is 19.2 Å². The van der Waals surface area contributed by atoms with E-state index in [0.29, 0.717) is 23.9 Å². The monoisotopic (exact) mass is 238 g/mol. The Morgan fingerprint density at radius 2 is 2.06 bits per heavy atom. The van der Waals surface area contributed by atoms with Gasteiger partial charge in [-0.05, 0) is 30.2 Å². The van der Waals surface area contributed by atoms with Gasteiger partial charge in [0.15, 0.2) is 0 Å². The summed E-state index contributed by atoms with van der Waals surface area (Å²) >= 11 is 0. The molecule has 0 amide bonds. The third-order valence-electron chi connectivity index (χ3n) is 2.53. The summed E-state index contributed by atoms with van der Waals surface area (Å²) in [6, 6.07) is 5.35. The van der Waals surface area contributed by atoms with E-state index >= 15 is 0 Å². The fourth-order valence-electron chi connectivity index (χ4n) is 1.59. The van der Waals surface area contributed by atoms with E-state index in [1.165, 1.54) is 0 Å². The van der Waals surface area contributed by atoms with Gasteiger partial charge in [-0.25, -0.2) is 0 Å². The molecule has 1 atom stereocenters. The maximum Gasteiger partial charge on any atom is 0.141 e. The van der Waals surface area contributed by atoms with Crippen molar-refractivity contribution in [2.24, 2.45) is 5.92 Å². The molecule has 0 bridgehead atoms. The zero-order chi connectivity index (χ0) is 12.8. The minimum absolute atomic E-state index is 0.532. The van der Waals surface area contributed by atoms with Crippen molar-refractivity contribution in [3.8, 4) is 5.75 Å². The highest BCUT2D eigenvalue weighted by Gasteiger charge is 2.09. The quantitative estimate of drug-likeness (QED) is 0.658. The molecule has 0 aromatic heterocycles. The lowest BCUT2D eigenvalue weighted by molar-refractivity contribution is 0.173. The van der Waals surface area contributed by atoms with Crippen molar-refractivity contribution < 1.29 is 9.84 Å². The molecule has 1 aromatic rings. The molecule has 4 heteroatoms. The lowest BCUT2D eigenvalue weighted by atomic mass is 10.1. The van der Waals surface area contributed by atoms with Crippen molar-refractivity contribution >= 4 is 5.69 Å². The lowest BCUT2D eigenvalue weighted by Crippen LogP contribution is -2.25. The Labute approximate surface area is 103 Å². The van der Waals surface area contributed by atoms with Crippen LogP contribution in [0.4, 0.5) is 5.69 Å². The Morgan fingerprint density at radius 3 is 2.59 bits per heavy atom. The lowest BCUT2D eigenvalue weighted by Gasteiger charge is -2.15. The second-order valence-electron chi connectivity index (χ2n) is 4.57. The summed E-state index contributed by atoms with van der Waals surface area (Å²) in [6.45, 7) is 5.68. The SMILES string of the molecule is COc1ccc(C(O)CNCC(C)C)cc1N. The molecule has 1 rings (SSSR count). The molecular formula is C13H22N2O2. The summed E-state index contributed by atoms with van der Waals surface area (Å²) in [5.41, 5.74) is 7.14. The number of rotatable bonds is 6. The first-order chi connectivity index (χ1) is 8.04. The van der Waals surface area contributed by atoms with Gasteiger partial charge in [0.25, 0.3) is 0 Å². The van der Waals surface area contributed by atoms with Crippen LogP contribution in [0, 0.1) is 5.92 Å². The number of nitrogen functional groups attached to an aromatic ring is 1. The average Bonchev–Trinajstić information content (AvgIpc) is 2.28. The number of ether oxygens (including phenoxy) is 1. The summed E-state index contributed by atoms with van der Waals surface area (Å²) in [6.07, 6.45) is -0.540. The van der Waals surface area contributed by atoms with Crippen LogP contribution in [0.15, 0.2) is 18.2 Å². The van der Waals surface area contributed by atoms with Gasteiger partial charge >= 0.3 is 0 Å². The topological polar surface area (TPSA) is 67.5 Å². The van der Waals surface area contributed by atoms with Crippen LogP contribution in [0.2, 0.25) is 0 Å². The standard InChI is InChI=1S/C13H22N2O2/c1-9(2)7-15-8-12(16)10-4-5-13(17-3)11(14)6-10/h4-6,9,12,15-16H,7-8,14H2,1-3H3. The Bertz CT molecular complexity index is 353. The van der Waals surface area contributed by atoms with Gasteiger partial charge in [0.05, 0.1) is 18.9 Å². The van der Waals surface area contributed by atoms with Crippen molar-refractivity contribution in [3.63, 3.8) is 0 Å². The molecule has 4 nitrogen and oxygen atoms in total. The van der Waals surface area contributed by atoms with Crippen LogP contribution < -0.4 is 15.8 Å². The second kappa shape index (κ2) is 6.47. The van der Waals surface area contributed by atoms with Gasteiger partial charge in [-0.2, -0.15) is 0 Å². The Hall–Kier alpha value is -1.26. The van der Waals surface area contributed by atoms with Crippen molar-refractivity contribution in [2.45, 2.75) is 20.0 Å². The number of hydrogen-bond acceptors (Lipinski definition) is 4. The summed E-state index contributed by atoms with van der Waals surface area (Å²) in [7, 11) is 1.58. The fourth-order valence-corrected chi connectivity index (χ4v) is 1.59. The molecule has 0 saturated carbocycles. The second-order valence-corrected chi connectivity index (χ2v) is 4.57. The molecule has 0 heterocycles. The number of methoxy groups -OCH3 is 1. The highest BCUT2D eigenvalue weighted by atomic mass is 16.5. The molecule has 0 radical (unpaired) electrons. The van der Waals surface area contributed by atoms with Crippen LogP contribution in [-0.4, -0.2) is 25.3 Å². The van der Waals surface area contributed by atoms with E-state index in [1.807, 2.05) is 6.07 Å². The minimum Gasteiger partial charge on any atom is -0.495 e. The molecule has 0 aliphatic rings. The molecule has 17 heavy (non-hydrogen) atoms. The maximum absolute atomic E-state index is 9.96. The molecule has 1 aromatic carbocycles. The third kappa shape index (κ3) is 4.24. The van der Waals surface area contributed by atoms with Gasteiger partial charge in [-0.3, -0.25) is 0 Å². The molecule has 4 N–H and O–H groups in total. The summed E-state index contributed by atoms with van der Waals surface area (Å²) in [5, 5.41) is 13.2. The van der Waals surface area contributed by atoms with Gasteiger partial charge in [0.1, 0.15) is 5.75 Å². The van der Waals surface area contributed by atoms with E-state index in [-0.39, 0.29) is 0 Å². The van der Waals surface area contributed by atoms with Crippen LogP contribution in [0.25, 0.3) is 0 Å². The van der Waals surface area contributed by atoms with Crippen LogP contribution in [-0.2, 0) is 0 Å². The molecule has 0 aliphatic heterocycles. The Morgan fingerprint density at radius 1 is 1.35 bits per heavy atom. The third-order valence-corrected chi connectivity index (χ3v) is 2.53. The van der Waals surface area contributed by atoms with Crippen molar-refractivity contribution in [1.29, 1.82) is 0 Å². The molecular weight excluding hydrogens is 216 g/mol. The van der Waals surface area contributed by atoms with Crippen LogP contribution in [0.5, 0.6) is 5.75 Å². The Balaban J connectivity index is 2.57. The summed E-state index contributed by atoms with van der Waals surface area (Å²) in [5.74, 6) is 1.21. The van der Waals surface area contributed by atoms with E-state index in [2.05, 4.69) is 19.2 Å². The highest BCUT2D eigenvalue weighted by Crippen LogP contribution is 2.24. The zero-order valence-corrected chi connectivity index (χ0v) is 10.7. The number of nitrogens with two attached hydrogens (primary N) is 1. The highest BCUT2D eigenvalue weighted by molar-refractivity contribution is 5.54. The van der Waals surface area contributed by atoms with Crippen LogP contribution in [0.3, 0.4) is 0 Å². The molecule has 96 valence electrons. The van der Waals surface area contributed by atoms with Gasteiger partial charge in [-0.15, -0.1) is 0 Å². The molecule has 1 unspecified atom stereocenters. The average molecular weight is 238 g/mol. The smallest absolute Gasteiger partial charge is 0.141 e. The summed E-state index contributed by atoms with van der Waals surface area (Å²) in [4.78, 5) is 0. The molecule has 0 saturated heterocycles. The first-order valence-electron chi connectivity index (χ1n) is 5.86. The first kappa shape index (κ1) is 13.8. The van der Waals surface area contributed by atoms with E-state index in [9.17, 15) is 5.11 Å². The predicted octanol–water partition coefficient (Wildman–Crippen LogP) is 1.56. The number of aliphatic hydroxyl groups excluding tert-OH is 1. The van der Waals surface area contributed by atoms with Crippen molar-refractivity contribution in [2.75, 3.05) is 25.9 Å². The van der Waals surface area contributed by atoms with Gasteiger partial charge < -0.3 is 20.9 Å². The number of benzene rings is 1. The van der Waals surface area contributed by atoms with Gasteiger partial charge in [0.2, 0.25) is 0 Å². The predicted molar refractivity (Wildman–Crippen MR) is 70.1 cm³/mol. The molecule has 0 aliphatic carbocycles. The minimum atomic E-state index is -0.540. The zero-order valence-electron chi connectivity index (χ0n) is 10.7. The number of hydrogen-bond donors (Lipinski definition) is 3. The van der Waals surface area contributed by atoms with E-state index in [4.69, 9.17) is 10.5 Å². The number of nitrogens with one attached hydrogen (secondary N) is 1. The van der Waals surface area contributed by atoms with Gasteiger partial charge in [-0.1, -0.05) is 19.9 Å². The Kier molecular flexibility index (Phi) is 5.25. The molecule has 0 spiro atoms. The first-order valence-corrected chi connectivity index (χ1v) is 5.86. The largest absolute Gasteiger partial charge is 0.495 e. The number of aliphatic hydroxyl groups is 1. The van der Waals surface area contributed by atoms with Gasteiger partial charge in [0, 0.05) is 6.54 Å². The normalized spacial score (nSPS) is 12.8. The van der Waals surface area contributed by atoms with Crippen LogP contribution in [0.1, 0.15) is 25.5 Å². The van der Waals surface area contributed by atoms with Crippen molar-refractivity contribution in [3.05, 3.63) is 23.8 Å². The maximum atomic E-state index is 9.96. The number of anilines is 1. The molecule has 0 fully saturated rings. The van der Waals surface area contributed by atoms with E-state index < -0.39 is 6.10 Å². The van der Waals surface area contributed by atoms with E-state index in [0.717, 1.165) is 12.1 Å². The summed E-state index contributed by atoms with van der Waals surface area (Å²) < 4.78 is 5.07.